The molecule has 2 rings (SSSR count). The van der Waals surface area contributed by atoms with Crippen LogP contribution >= 0.6 is 12.2 Å². The zero-order valence-electron chi connectivity index (χ0n) is 13.6. The van der Waals surface area contributed by atoms with E-state index in [1.807, 2.05) is 25.1 Å². The molecule has 0 unspecified atom stereocenters. The van der Waals surface area contributed by atoms with Gasteiger partial charge in [-0.3, -0.25) is 15.6 Å². The lowest BCUT2D eigenvalue weighted by atomic mass is 10.2. The molecule has 7 nitrogen and oxygen atoms in total. The Morgan fingerprint density at radius 2 is 2.08 bits per heavy atom. The van der Waals surface area contributed by atoms with Crippen molar-refractivity contribution >= 4 is 29.3 Å². The van der Waals surface area contributed by atoms with Gasteiger partial charge in [0.25, 0.3) is 5.91 Å². The molecule has 3 N–H and O–H groups in total. The van der Waals surface area contributed by atoms with E-state index >= 15 is 0 Å². The Labute approximate surface area is 146 Å². The molecule has 1 aliphatic rings. The average molecular weight is 351 g/mol. The van der Waals surface area contributed by atoms with Crippen LogP contribution in [0.2, 0.25) is 0 Å². The van der Waals surface area contributed by atoms with Crippen molar-refractivity contribution in [1.29, 1.82) is 0 Å². The number of thiocarbonyl (C=S) groups is 1. The number of carbonyl (C=O) groups excluding carboxylic acids is 1. The number of ether oxygens (including phenoxy) is 3. The molecule has 0 spiro atoms. The van der Waals surface area contributed by atoms with Crippen molar-refractivity contribution in [2.45, 2.75) is 13.0 Å². The number of fused-ring (bicyclic) bond motifs is 1. The van der Waals surface area contributed by atoms with Gasteiger partial charge >= 0.3 is 0 Å². The molecule has 1 aromatic carbocycles. The third-order valence-electron chi connectivity index (χ3n) is 3.09. The van der Waals surface area contributed by atoms with E-state index < -0.39 is 0 Å². The van der Waals surface area contributed by atoms with E-state index in [4.69, 9.17) is 26.4 Å². The second-order valence-electron chi connectivity index (χ2n) is 5.18. The van der Waals surface area contributed by atoms with Crippen LogP contribution in [0, 0.1) is 0 Å². The van der Waals surface area contributed by atoms with Gasteiger partial charge in [-0.15, -0.1) is 0 Å². The second kappa shape index (κ2) is 9.09. The largest absolute Gasteiger partial charge is 0.486 e. The first kappa shape index (κ1) is 18.0. The second-order valence-corrected chi connectivity index (χ2v) is 5.59. The van der Waals surface area contributed by atoms with Crippen LogP contribution in [0.1, 0.15) is 12.5 Å². The fourth-order valence-corrected chi connectivity index (χ4v) is 2.30. The van der Waals surface area contributed by atoms with Crippen LogP contribution < -0.4 is 25.6 Å². The molecule has 0 aliphatic carbocycles. The van der Waals surface area contributed by atoms with Crippen molar-refractivity contribution in [3.05, 3.63) is 29.8 Å². The lowest BCUT2D eigenvalue weighted by Crippen LogP contribution is -2.49. The maximum Gasteiger partial charge on any atom is 0.262 e. The lowest BCUT2D eigenvalue weighted by Gasteiger charge is -2.18. The number of methoxy groups -OCH3 is 1. The fraction of sp³-hybridized carbons (Fsp3) is 0.375. The van der Waals surface area contributed by atoms with E-state index in [2.05, 4.69) is 16.2 Å². The summed E-state index contributed by atoms with van der Waals surface area (Å²) in [6.45, 7) is 3.50. The highest BCUT2D eigenvalue weighted by molar-refractivity contribution is 7.80. The van der Waals surface area contributed by atoms with Gasteiger partial charge in [0.1, 0.15) is 13.2 Å². The van der Waals surface area contributed by atoms with Crippen LogP contribution in [0.4, 0.5) is 0 Å². The quantitative estimate of drug-likeness (QED) is 0.415. The van der Waals surface area contributed by atoms with E-state index in [0.29, 0.717) is 36.4 Å². The van der Waals surface area contributed by atoms with Crippen LogP contribution in [0.15, 0.2) is 24.3 Å². The van der Waals surface area contributed by atoms with Gasteiger partial charge in [0.2, 0.25) is 0 Å². The molecule has 1 aromatic rings. The Morgan fingerprint density at radius 3 is 2.83 bits per heavy atom. The summed E-state index contributed by atoms with van der Waals surface area (Å²) in [6, 6.07) is 5.54. The Morgan fingerprint density at radius 1 is 1.33 bits per heavy atom. The highest BCUT2D eigenvalue weighted by atomic mass is 32.1. The third kappa shape index (κ3) is 5.71. The molecule has 0 fully saturated rings. The zero-order chi connectivity index (χ0) is 17.4. The number of benzene rings is 1. The first-order valence-corrected chi connectivity index (χ1v) is 7.92. The summed E-state index contributed by atoms with van der Waals surface area (Å²) in [5.41, 5.74) is 5.95. The number of carbonyl (C=O) groups is 1. The fourth-order valence-electron chi connectivity index (χ4n) is 2.05. The molecule has 8 heteroatoms. The van der Waals surface area contributed by atoms with Gasteiger partial charge in [-0.25, -0.2) is 0 Å². The summed E-state index contributed by atoms with van der Waals surface area (Å²) in [5, 5.41) is 3.29. The van der Waals surface area contributed by atoms with Gasteiger partial charge in [-0.2, -0.15) is 0 Å². The molecule has 24 heavy (non-hydrogen) atoms. The molecule has 0 saturated heterocycles. The molecule has 1 aliphatic heterocycles. The number of nitrogens with one attached hydrogen (secondary N) is 3. The maximum atomic E-state index is 11.8. The number of rotatable bonds is 5. The zero-order valence-corrected chi connectivity index (χ0v) is 14.4. The number of hydrogen-bond donors (Lipinski definition) is 3. The molecular formula is C16H21N3O4S. The minimum atomic E-state index is -0.326. The van der Waals surface area contributed by atoms with Crippen molar-refractivity contribution in [1.82, 2.24) is 16.2 Å². The van der Waals surface area contributed by atoms with E-state index in [1.165, 1.54) is 6.08 Å². The van der Waals surface area contributed by atoms with Gasteiger partial charge in [0, 0.05) is 19.2 Å². The number of hydrogen-bond acceptors (Lipinski definition) is 5. The molecule has 130 valence electrons. The van der Waals surface area contributed by atoms with E-state index in [0.717, 1.165) is 5.56 Å². The highest BCUT2D eigenvalue weighted by Gasteiger charge is 2.10. The summed E-state index contributed by atoms with van der Waals surface area (Å²) < 4.78 is 15.9. The highest BCUT2D eigenvalue weighted by Crippen LogP contribution is 2.30. The van der Waals surface area contributed by atoms with Gasteiger partial charge in [-0.1, -0.05) is 6.07 Å². The summed E-state index contributed by atoms with van der Waals surface area (Å²) in [7, 11) is 1.61. The smallest absolute Gasteiger partial charge is 0.262 e. The Hall–Kier alpha value is -2.32. The first-order valence-electron chi connectivity index (χ1n) is 7.51. The average Bonchev–Trinajstić information content (AvgIpc) is 2.58. The number of hydrazine groups is 1. The van der Waals surface area contributed by atoms with E-state index in [9.17, 15) is 4.79 Å². The minimum Gasteiger partial charge on any atom is -0.486 e. The van der Waals surface area contributed by atoms with Crippen molar-refractivity contribution in [2.75, 3.05) is 26.9 Å². The summed E-state index contributed by atoms with van der Waals surface area (Å²) in [5.74, 6) is 1.07. The maximum absolute atomic E-state index is 11.8. The van der Waals surface area contributed by atoms with E-state index in [1.54, 1.807) is 13.2 Å². The van der Waals surface area contributed by atoms with Crippen molar-refractivity contribution in [3.8, 4) is 11.5 Å². The van der Waals surface area contributed by atoms with E-state index in [-0.39, 0.29) is 11.9 Å². The Kier molecular flexibility index (Phi) is 6.83. The number of amides is 1. The van der Waals surface area contributed by atoms with Crippen LogP contribution in [0.25, 0.3) is 6.08 Å². The summed E-state index contributed by atoms with van der Waals surface area (Å²) >= 11 is 5.06. The van der Waals surface area contributed by atoms with Crippen LogP contribution in [-0.2, 0) is 9.53 Å². The summed E-state index contributed by atoms with van der Waals surface area (Å²) in [6.07, 6.45) is 3.08. The molecule has 1 amide bonds. The Balaban J connectivity index is 1.79. The molecule has 0 bridgehead atoms. The van der Waals surface area contributed by atoms with Crippen molar-refractivity contribution < 1.29 is 19.0 Å². The van der Waals surface area contributed by atoms with Gasteiger partial charge < -0.3 is 19.5 Å². The van der Waals surface area contributed by atoms with Crippen molar-refractivity contribution in [2.24, 2.45) is 0 Å². The monoisotopic (exact) mass is 351 g/mol. The van der Waals surface area contributed by atoms with Gasteiger partial charge in [0.05, 0.1) is 6.61 Å². The predicted molar refractivity (Wildman–Crippen MR) is 94.8 cm³/mol. The van der Waals surface area contributed by atoms with Crippen LogP contribution in [0.3, 0.4) is 0 Å². The normalized spacial score (nSPS) is 14.1. The van der Waals surface area contributed by atoms with Crippen molar-refractivity contribution in [3.63, 3.8) is 0 Å². The minimum absolute atomic E-state index is 0.0418. The molecule has 0 radical (unpaired) electrons. The van der Waals surface area contributed by atoms with Gasteiger partial charge in [-0.05, 0) is 42.9 Å². The lowest BCUT2D eigenvalue weighted by molar-refractivity contribution is -0.116. The van der Waals surface area contributed by atoms with Crippen LogP contribution in [-0.4, -0.2) is 44.0 Å². The topological polar surface area (TPSA) is 80.9 Å². The van der Waals surface area contributed by atoms with Gasteiger partial charge in [0.15, 0.2) is 16.6 Å². The third-order valence-corrected chi connectivity index (χ3v) is 3.31. The molecule has 0 saturated carbocycles. The SMILES string of the molecule is COC[C@H](C)NC(=S)NNC(=O)/C=C/c1ccc2c(c1)OCCO2. The molecule has 1 heterocycles. The first-order chi connectivity index (χ1) is 11.6. The summed E-state index contributed by atoms with van der Waals surface area (Å²) in [4.78, 5) is 11.8. The Bertz CT molecular complexity index is 621. The van der Waals surface area contributed by atoms with Crippen LogP contribution in [0.5, 0.6) is 11.5 Å². The standard InChI is InChI=1S/C16H21N3O4S/c1-11(10-21-2)17-16(24)19-18-15(20)6-4-12-3-5-13-14(9-12)23-8-7-22-13/h3-6,9,11H,7-8,10H2,1-2H3,(H,18,20)(H2,17,19,24)/b6-4+/t11-/m0/s1. The molecule has 1 atom stereocenters. The predicted octanol–water partition coefficient (Wildman–Crippen LogP) is 1.00. The molecular weight excluding hydrogens is 330 g/mol. The molecule has 0 aromatic heterocycles.